The van der Waals surface area contributed by atoms with Crippen LogP contribution >= 0.6 is 11.8 Å². The normalized spacial score (nSPS) is 18.5. The topological polar surface area (TPSA) is 75.8 Å². The monoisotopic (exact) mass is 314 g/mol. The molecule has 1 aromatic carbocycles. The first-order valence-corrected chi connectivity index (χ1v) is 7.30. The van der Waals surface area contributed by atoms with Gasteiger partial charge in [-0.05, 0) is 36.0 Å². The number of carbonyl (C=O) groups excluding carboxylic acids is 1. The number of furan rings is 1. The molecule has 2 aromatic rings. The van der Waals surface area contributed by atoms with E-state index < -0.39 is 0 Å². The fourth-order valence-corrected chi connectivity index (χ4v) is 3.09. The van der Waals surface area contributed by atoms with Crippen molar-refractivity contribution in [2.45, 2.75) is 0 Å². The van der Waals surface area contributed by atoms with Gasteiger partial charge in [-0.2, -0.15) is 0 Å². The number of nitrogens with one attached hydrogen (secondary N) is 1. The molecule has 2 aliphatic rings. The third-order valence-corrected chi connectivity index (χ3v) is 4.14. The lowest BCUT2D eigenvalue weighted by Gasteiger charge is -2.14. The van der Waals surface area contributed by atoms with Crippen LogP contribution in [0.15, 0.2) is 45.9 Å². The number of ether oxygens (including phenoxy) is 2. The maximum Gasteiger partial charge on any atom is 0.271 e. The lowest BCUT2D eigenvalue weighted by Crippen LogP contribution is -2.28. The Labute approximate surface area is 129 Å². The van der Waals surface area contributed by atoms with Crippen LogP contribution in [-0.4, -0.2) is 17.9 Å². The molecule has 0 bridgehead atoms. The highest BCUT2D eigenvalue weighted by atomic mass is 32.2. The van der Waals surface area contributed by atoms with Crippen LogP contribution in [0.5, 0.6) is 11.5 Å². The molecule has 0 radical (unpaired) electrons. The molecule has 0 spiro atoms. The summed E-state index contributed by atoms with van der Waals surface area (Å²) >= 11 is 1.10. The van der Waals surface area contributed by atoms with E-state index >= 15 is 0 Å². The Hall–Kier alpha value is -2.67. The van der Waals surface area contributed by atoms with E-state index in [1.54, 1.807) is 36.4 Å². The van der Waals surface area contributed by atoms with Gasteiger partial charge in [0.25, 0.3) is 5.91 Å². The standard InChI is InChI=1S/C15H10N2O4S/c16-15-17(9-3-4-11-12(6-9)21-8-20-11)14(18)13(22-15)7-10-2-1-5-19-10/h1-7,16H,8H2. The van der Waals surface area contributed by atoms with Gasteiger partial charge in [-0.3, -0.25) is 15.1 Å². The maximum atomic E-state index is 12.5. The molecule has 4 rings (SSSR count). The van der Waals surface area contributed by atoms with Crippen LogP contribution in [0.25, 0.3) is 6.08 Å². The molecule has 1 amide bonds. The minimum Gasteiger partial charge on any atom is -0.465 e. The summed E-state index contributed by atoms with van der Waals surface area (Å²) in [6.45, 7) is 0.169. The Kier molecular flexibility index (Phi) is 2.93. The van der Waals surface area contributed by atoms with Gasteiger partial charge in [0.15, 0.2) is 16.7 Å². The summed E-state index contributed by atoms with van der Waals surface area (Å²) in [5.74, 6) is 1.54. The van der Waals surface area contributed by atoms with Crippen molar-refractivity contribution in [1.29, 1.82) is 5.41 Å². The predicted molar refractivity (Wildman–Crippen MR) is 82.1 cm³/mol. The summed E-state index contributed by atoms with van der Waals surface area (Å²) in [6, 6.07) is 8.67. The van der Waals surface area contributed by atoms with Crippen molar-refractivity contribution >= 4 is 34.6 Å². The highest BCUT2D eigenvalue weighted by Gasteiger charge is 2.34. The predicted octanol–water partition coefficient (Wildman–Crippen LogP) is 3.06. The second kappa shape index (κ2) is 4.96. The van der Waals surface area contributed by atoms with E-state index in [1.165, 1.54) is 11.2 Å². The zero-order chi connectivity index (χ0) is 15.1. The number of rotatable bonds is 2. The largest absolute Gasteiger partial charge is 0.465 e. The molecular weight excluding hydrogens is 304 g/mol. The fraction of sp³-hybridized carbons (Fsp3) is 0.0667. The van der Waals surface area contributed by atoms with E-state index in [-0.39, 0.29) is 17.9 Å². The third-order valence-electron chi connectivity index (χ3n) is 3.25. The molecule has 6 nitrogen and oxygen atoms in total. The van der Waals surface area contributed by atoms with Crippen molar-refractivity contribution in [3.63, 3.8) is 0 Å². The third kappa shape index (κ3) is 2.06. The molecule has 0 saturated carbocycles. The van der Waals surface area contributed by atoms with E-state index in [2.05, 4.69) is 0 Å². The number of amides is 1. The number of amidine groups is 1. The van der Waals surface area contributed by atoms with Gasteiger partial charge in [-0.1, -0.05) is 0 Å². The molecule has 0 aliphatic carbocycles. The van der Waals surface area contributed by atoms with Crippen LogP contribution in [0.2, 0.25) is 0 Å². The number of fused-ring (bicyclic) bond motifs is 1. The first-order valence-electron chi connectivity index (χ1n) is 6.48. The molecular formula is C15H10N2O4S. The van der Waals surface area contributed by atoms with Crippen molar-refractivity contribution in [3.05, 3.63) is 47.3 Å². The molecule has 3 heterocycles. The number of hydrogen-bond donors (Lipinski definition) is 1. The number of anilines is 1. The molecule has 22 heavy (non-hydrogen) atoms. The Balaban J connectivity index is 1.68. The molecule has 0 atom stereocenters. The van der Waals surface area contributed by atoms with Gasteiger partial charge >= 0.3 is 0 Å². The summed E-state index contributed by atoms with van der Waals surface area (Å²) in [4.78, 5) is 14.3. The SMILES string of the molecule is N=C1SC(=Cc2ccco2)C(=O)N1c1ccc2c(c1)OCO2. The van der Waals surface area contributed by atoms with Gasteiger partial charge in [-0.25, -0.2) is 0 Å². The maximum absolute atomic E-state index is 12.5. The number of hydrogen-bond acceptors (Lipinski definition) is 6. The molecule has 7 heteroatoms. The van der Waals surface area contributed by atoms with Gasteiger partial charge in [-0.15, -0.1) is 0 Å². The van der Waals surface area contributed by atoms with Crippen molar-refractivity contribution in [3.8, 4) is 11.5 Å². The Bertz CT molecular complexity index is 798. The first-order chi connectivity index (χ1) is 10.7. The smallest absolute Gasteiger partial charge is 0.271 e. The van der Waals surface area contributed by atoms with Crippen molar-refractivity contribution < 1.29 is 18.7 Å². The van der Waals surface area contributed by atoms with E-state index in [1.807, 2.05) is 0 Å². The summed E-state index contributed by atoms with van der Waals surface area (Å²) in [7, 11) is 0. The van der Waals surface area contributed by atoms with Gasteiger partial charge in [0.05, 0.1) is 16.9 Å². The van der Waals surface area contributed by atoms with E-state index in [9.17, 15) is 4.79 Å². The lowest BCUT2D eigenvalue weighted by atomic mass is 10.2. The average Bonchev–Trinajstić information content (AvgIpc) is 3.21. The second-order valence-electron chi connectivity index (χ2n) is 4.61. The van der Waals surface area contributed by atoms with Crippen molar-refractivity contribution in [1.82, 2.24) is 0 Å². The quantitative estimate of drug-likeness (QED) is 0.862. The van der Waals surface area contributed by atoms with Crippen LogP contribution in [0.1, 0.15) is 5.76 Å². The van der Waals surface area contributed by atoms with E-state index in [4.69, 9.17) is 19.3 Å². The lowest BCUT2D eigenvalue weighted by molar-refractivity contribution is -0.113. The highest BCUT2D eigenvalue weighted by molar-refractivity contribution is 8.19. The van der Waals surface area contributed by atoms with Gasteiger partial charge in [0, 0.05) is 12.1 Å². The minimum atomic E-state index is -0.259. The number of nitrogens with zero attached hydrogens (tertiary/aromatic N) is 1. The average molecular weight is 314 g/mol. The van der Waals surface area contributed by atoms with Crippen LogP contribution in [0, 0.1) is 5.41 Å². The summed E-state index contributed by atoms with van der Waals surface area (Å²) in [5.41, 5.74) is 0.578. The molecule has 1 fully saturated rings. The van der Waals surface area contributed by atoms with Gasteiger partial charge in [0.2, 0.25) is 6.79 Å². The van der Waals surface area contributed by atoms with Crippen molar-refractivity contribution in [2.75, 3.05) is 11.7 Å². The number of carbonyl (C=O) groups is 1. The zero-order valence-corrected chi connectivity index (χ0v) is 12.1. The molecule has 110 valence electrons. The van der Waals surface area contributed by atoms with Crippen LogP contribution in [-0.2, 0) is 4.79 Å². The first kappa shape index (κ1) is 13.0. The zero-order valence-electron chi connectivity index (χ0n) is 11.2. The minimum absolute atomic E-state index is 0.140. The van der Waals surface area contributed by atoms with E-state index in [0.29, 0.717) is 27.9 Å². The molecule has 1 N–H and O–H groups in total. The Morgan fingerprint density at radius 3 is 2.91 bits per heavy atom. The molecule has 0 unspecified atom stereocenters. The van der Waals surface area contributed by atoms with E-state index in [0.717, 1.165) is 11.8 Å². The van der Waals surface area contributed by atoms with Crippen molar-refractivity contribution in [2.24, 2.45) is 0 Å². The summed E-state index contributed by atoms with van der Waals surface area (Å²) in [6.07, 6.45) is 3.17. The summed E-state index contributed by atoms with van der Waals surface area (Å²) < 4.78 is 15.8. The molecule has 1 aromatic heterocycles. The highest BCUT2D eigenvalue weighted by Crippen LogP contribution is 2.40. The fourth-order valence-electron chi connectivity index (χ4n) is 2.25. The van der Waals surface area contributed by atoms with Gasteiger partial charge in [0.1, 0.15) is 5.76 Å². The second-order valence-corrected chi connectivity index (χ2v) is 5.64. The van der Waals surface area contributed by atoms with Crippen LogP contribution in [0.4, 0.5) is 5.69 Å². The summed E-state index contributed by atoms with van der Waals surface area (Å²) in [5, 5.41) is 8.19. The number of benzene rings is 1. The molecule has 1 saturated heterocycles. The van der Waals surface area contributed by atoms with Crippen LogP contribution in [0.3, 0.4) is 0 Å². The van der Waals surface area contributed by atoms with Crippen LogP contribution < -0.4 is 14.4 Å². The Morgan fingerprint density at radius 2 is 2.09 bits per heavy atom. The molecule has 2 aliphatic heterocycles. The number of thioether (sulfide) groups is 1. The Morgan fingerprint density at radius 1 is 1.23 bits per heavy atom. The van der Waals surface area contributed by atoms with Gasteiger partial charge < -0.3 is 13.9 Å².